The van der Waals surface area contributed by atoms with Crippen molar-refractivity contribution in [3.63, 3.8) is 0 Å². The molecule has 0 bridgehead atoms. The minimum Gasteiger partial charge on any atom is -0.281 e. The second kappa shape index (κ2) is 5.81. The van der Waals surface area contributed by atoms with E-state index in [0.717, 1.165) is 45.8 Å². The van der Waals surface area contributed by atoms with E-state index in [-0.39, 0.29) is 0 Å². The predicted octanol–water partition coefficient (Wildman–Crippen LogP) is 4.09. The highest BCUT2D eigenvalue weighted by Crippen LogP contribution is 2.26. The van der Waals surface area contributed by atoms with E-state index in [1.54, 1.807) is 0 Å². The maximum absolute atomic E-state index is 5.95. The second-order valence-electron chi connectivity index (χ2n) is 4.86. The standard InChI is InChI=1S/C15H16BrClN4/c1-3-20-15-14(10(2)19-20)18-13(7-8-17)21(15)12-6-4-5-11(16)9-12/h4-6,9H,3,7-8H2,1-2H3. The van der Waals surface area contributed by atoms with Crippen LogP contribution in [0.1, 0.15) is 18.4 Å². The number of rotatable bonds is 4. The predicted molar refractivity (Wildman–Crippen MR) is 89.4 cm³/mol. The first-order valence-corrected chi connectivity index (χ1v) is 8.25. The molecule has 0 aliphatic carbocycles. The first-order chi connectivity index (χ1) is 10.2. The Morgan fingerprint density at radius 2 is 2.14 bits per heavy atom. The molecule has 0 fully saturated rings. The van der Waals surface area contributed by atoms with E-state index in [0.29, 0.717) is 5.88 Å². The van der Waals surface area contributed by atoms with Crippen LogP contribution in [-0.2, 0) is 13.0 Å². The number of hydrogen-bond donors (Lipinski definition) is 0. The summed E-state index contributed by atoms with van der Waals surface area (Å²) < 4.78 is 5.19. The van der Waals surface area contributed by atoms with E-state index < -0.39 is 0 Å². The first-order valence-electron chi connectivity index (χ1n) is 6.92. The van der Waals surface area contributed by atoms with Crippen LogP contribution in [0.2, 0.25) is 0 Å². The molecule has 0 spiro atoms. The highest BCUT2D eigenvalue weighted by atomic mass is 79.9. The highest BCUT2D eigenvalue weighted by Gasteiger charge is 2.19. The Balaban J connectivity index is 2.34. The van der Waals surface area contributed by atoms with Crippen molar-refractivity contribution in [3.8, 4) is 5.69 Å². The van der Waals surface area contributed by atoms with Gasteiger partial charge >= 0.3 is 0 Å². The van der Waals surface area contributed by atoms with E-state index in [4.69, 9.17) is 16.6 Å². The van der Waals surface area contributed by atoms with Crippen molar-refractivity contribution >= 4 is 38.7 Å². The van der Waals surface area contributed by atoms with Gasteiger partial charge in [0.05, 0.1) is 5.69 Å². The van der Waals surface area contributed by atoms with E-state index in [9.17, 15) is 0 Å². The molecule has 0 N–H and O–H groups in total. The highest BCUT2D eigenvalue weighted by molar-refractivity contribution is 9.10. The van der Waals surface area contributed by atoms with Crippen LogP contribution < -0.4 is 0 Å². The van der Waals surface area contributed by atoms with Gasteiger partial charge in [-0.05, 0) is 32.0 Å². The zero-order valence-corrected chi connectivity index (χ0v) is 14.3. The van der Waals surface area contributed by atoms with Crippen molar-refractivity contribution in [2.24, 2.45) is 0 Å². The largest absolute Gasteiger partial charge is 0.281 e. The number of imidazole rings is 1. The van der Waals surface area contributed by atoms with Gasteiger partial charge in [0.1, 0.15) is 11.3 Å². The smallest absolute Gasteiger partial charge is 0.163 e. The van der Waals surface area contributed by atoms with Crippen LogP contribution in [0.4, 0.5) is 0 Å². The number of hydrogen-bond acceptors (Lipinski definition) is 2. The van der Waals surface area contributed by atoms with Crippen LogP contribution >= 0.6 is 27.5 Å². The van der Waals surface area contributed by atoms with Gasteiger partial charge in [0.25, 0.3) is 0 Å². The molecule has 0 amide bonds. The summed E-state index contributed by atoms with van der Waals surface area (Å²) in [6.45, 7) is 4.90. The molecular formula is C15H16BrClN4. The normalized spacial score (nSPS) is 11.4. The molecule has 0 saturated carbocycles. The average molecular weight is 368 g/mol. The van der Waals surface area contributed by atoms with Crippen molar-refractivity contribution in [1.29, 1.82) is 0 Å². The third-order valence-electron chi connectivity index (χ3n) is 3.46. The fourth-order valence-electron chi connectivity index (χ4n) is 2.57. The van der Waals surface area contributed by atoms with Crippen molar-refractivity contribution in [2.45, 2.75) is 26.8 Å². The third-order valence-corrected chi connectivity index (χ3v) is 4.15. The van der Waals surface area contributed by atoms with Crippen LogP contribution in [0.15, 0.2) is 28.7 Å². The van der Waals surface area contributed by atoms with Crippen LogP contribution in [0, 0.1) is 6.92 Å². The summed E-state index contributed by atoms with van der Waals surface area (Å²) in [4.78, 5) is 4.76. The zero-order chi connectivity index (χ0) is 15.0. The number of halogens is 2. The summed E-state index contributed by atoms with van der Waals surface area (Å²) in [7, 11) is 0. The van der Waals surface area contributed by atoms with E-state index >= 15 is 0 Å². The lowest BCUT2D eigenvalue weighted by Crippen LogP contribution is -2.07. The maximum atomic E-state index is 5.95. The van der Waals surface area contributed by atoms with Crippen molar-refractivity contribution < 1.29 is 0 Å². The molecule has 0 aliphatic rings. The van der Waals surface area contributed by atoms with Gasteiger partial charge in [0, 0.05) is 29.0 Å². The SMILES string of the molecule is CCn1nc(C)c2nc(CCCl)n(-c3cccc(Br)c3)c21. The molecule has 4 nitrogen and oxygen atoms in total. The number of nitrogens with zero attached hydrogens (tertiary/aromatic N) is 4. The summed E-state index contributed by atoms with van der Waals surface area (Å²) in [6.07, 6.45) is 0.728. The Kier molecular flexibility index (Phi) is 4.04. The van der Waals surface area contributed by atoms with Gasteiger partial charge in [-0.25, -0.2) is 9.67 Å². The molecule has 0 radical (unpaired) electrons. The topological polar surface area (TPSA) is 35.6 Å². The van der Waals surface area contributed by atoms with Gasteiger partial charge in [0.15, 0.2) is 5.65 Å². The van der Waals surface area contributed by atoms with Crippen LogP contribution in [0.25, 0.3) is 16.9 Å². The molecule has 21 heavy (non-hydrogen) atoms. The summed E-state index contributed by atoms with van der Waals surface area (Å²) in [6, 6.07) is 8.20. The average Bonchev–Trinajstić information content (AvgIpc) is 2.97. The number of benzene rings is 1. The fourth-order valence-corrected chi connectivity index (χ4v) is 3.13. The molecular weight excluding hydrogens is 352 g/mol. The van der Waals surface area contributed by atoms with Gasteiger partial charge in [-0.2, -0.15) is 5.10 Å². The quantitative estimate of drug-likeness (QED) is 0.651. The Bertz CT molecular complexity index is 790. The number of aryl methyl sites for hydroxylation is 3. The molecule has 0 atom stereocenters. The monoisotopic (exact) mass is 366 g/mol. The second-order valence-corrected chi connectivity index (χ2v) is 6.15. The summed E-state index contributed by atoms with van der Waals surface area (Å²) in [5, 5.41) is 4.57. The summed E-state index contributed by atoms with van der Waals surface area (Å²) in [5.74, 6) is 1.52. The van der Waals surface area contributed by atoms with Gasteiger partial charge in [0.2, 0.25) is 0 Å². The van der Waals surface area contributed by atoms with Crippen LogP contribution in [0.5, 0.6) is 0 Å². The molecule has 2 heterocycles. The lowest BCUT2D eigenvalue weighted by Gasteiger charge is -2.10. The Morgan fingerprint density at radius 3 is 2.81 bits per heavy atom. The Hall–Kier alpha value is -1.33. The molecule has 1 aromatic carbocycles. The van der Waals surface area contributed by atoms with Gasteiger partial charge in [-0.1, -0.05) is 22.0 Å². The fraction of sp³-hybridized carbons (Fsp3) is 0.333. The van der Waals surface area contributed by atoms with Crippen LogP contribution in [0.3, 0.4) is 0 Å². The first kappa shape index (κ1) is 14.6. The molecule has 2 aromatic heterocycles. The molecule has 0 aliphatic heterocycles. The number of aromatic nitrogens is 4. The van der Waals surface area contributed by atoms with Crippen molar-refractivity contribution in [2.75, 3.05) is 5.88 Å². The molecule has 110 valence electrons. The zero-order valence-electron chi connectivity index (χ0n) is 12.0. The number of fused-ring (bicyclic) bond motifs is 1. The Morgan fingerprint density at radius 1 is 1.33 bits per heavy atom. The van der Waals surface area contributed by atoms with E-state index in [1.165, 1.54) is 0 Å². The van der Waals surface area contributed by atoms with Gasteiger partial charge in [-0.3, -0.25) is 4.57 Å². The van der Waals surface area contributed by atoms with E-state index in [2.05, 4.69) is 44.7 Å². The molecule has 6 heteroatoms. The van der Waals surface area contributed by atoms with Crippen molar-refractivity contribution in [3.05, 3.63) is 40.3 Å². The Labute approximate surface area is 136 Å². The lowest BCUT2D eigenvalue weighted by atomic mass is 10.3. The molecule has 0 unspecified atom stereocenters. The summed E-state index contributed by atoms with van der Waals surface area (Å²) in [5.41, 5.74) is 4.02. The van der Waals surface area contributed by atoms with E-state index in [1.807, 2.05) is 23.7 Å². The van der Waals surface area contributed by atoms with Crippen LogP contribution in [-0.4, -0.2) is 25.2 Å². The maximum Gasteiger partial charge on any atom is 0.163 e. The van der Waals surface area contributed by atoms with Gasteiger partial charge < -0.3 is 0 Å². The molecule has 3 rings (SSSR count). The lowest BCUT2D eigenvalue weighted by molar-refractivity contribution is 0.659. The molecule has 0 saturated heterocycles. The minimum atomic E-state index is 0.548. The van der Waals surface area contributed by atoms with Gasteiger partial charge in [-0.15, -0.1) is 11.6 Å². The number of alkyl halides is 1. The van der Waals surface area contributed by atoms with Crippen molar-refractivity contribution in [1.82, 2.24) is 19.3 Å². The third kappa shape index (κ3) is 2.49. The molecule has 3 aromatic rings. The summed E-state index contributed by atoms with van der Waals surface area (Å²) >= 11 is 9.48. The minimum absolute atomic E-state index is 0.548.